The predicted molar refractivity (Wildman–Crippen MR) is 104 cm³/mol. The van der Waals surface area contributed by atoms with E-state index in [1.807, 2.05) is 44.2 Å². The van der Waals surface area contributed by atoms with Gasteiger partial charge in [0.1, 0.15) is 5.82 Å². The number of hydrogen-bond donors (Lipinski definition) is 1. The number of hydrogen-bond acceptors (Lipinski definition) is 4. The number of aryl methyl sites for hydroxylation is 2. The van der Waals surface area contributed by atoms with E-state index in [1.165, 1.54) is 5.56 Å². The van der Waals surface area contributed by atoms with Crippen molar-refractivity contribution >= 4 is 0 Å². The lowest BCUT2D eigenvalue weighted by molar-refractivity contribution is 0.315. The summed E-state index contributed by atoms with van der Waals surface area (Å²) < 4.78 is 0. The average Bonchev–Trinajstić information content (AvgIpc) is 2.60. The number of rotatable bonds is 5. The summed E-state index contributed by atoms with van der Waals surface area (Å²) >= 11 is 0. The van der Waals surface area contributed by atoms with Gasteiger partial charge in [0.15, 0.2) is 0 Å². The van der Waals surface area contributed by atoms with E-state index in [2.05, 4.69) is 39.0 Å². The van der Waals surface area contributed by atoms with Crippen LogP contribution in [0.5, 0.6) is 0 Å². The Balaban J connectivity index is 1.70. The third kappa shape index (κ3) is 4.24. The molecule has 0 spiro atoms. The van der Waals surface area contributed by atoms with Gasteiger partial charge in [-0.05, 0) is 45.5 Å². The number of nitrogens with zero attached hydrogens (tertiary/aromatic N) is 3. The zero-order valence-corrected chi connectivity index (χ0v) is 15.7. The molecule has 5 nitrogen and oxygen atoms in total. The fraction of sp³-hybridized carbons (Fsp3) is 0.286. The van der Waals surface area contributed by atoms with E-state index in [9.17, 15) is 4.79 Å². The van der Waals surface area contributed by atoms with Gasteiger partial charge in [0, 0.05) is 35.6 Å². The molecule has 0 amide bonds. The van der Waals surface area contributed by atoms with Crippen LogP contribution in [0.3, 0.4) is 0 Å². The van der Waals surface area contributed by atoms with Crippen LogP contribution in [0.25, 0.3) is 11.4 Å². The highest BCUT2D eigenvalue weighted by molar-refractivity contribution is 5.55. The van der Waals surface area contributed by atoms with Crippen molar-refractivity contribution in [2.45, 2.75) is 33.9 Å². The van der Waals surface area contributed by atoms with E-state index in [1.54, 1.807) is 6.92 Å². The molecule has 0 radical (unpaired) electrons. The topological polar surface area (TPSA) is 61.9 Å². The van der Waals surface area contributed by atoms with Crippen LogP contribution in [0.1, 0.15) is 28.2 Å². The number of pyridine rings is 1. The van der Waals surface area contributed by atoms with Crippen molar-refractivity contribution in [1.29, 1.82) is 0 Å². The highest BCUT2D eigenvalue weighted by atomic mass is 16.1. The molecule has 0 saturated carbocycles. The average molecular weight is 348 g/mol. The van der Waals surface area contributed by atoms with Crippen LogP contribution >= 0.6 is 0 Å². The van der Waals surface area contributed by atoms with Crippen LogP contribution < -0.4 is 5.56 Å². The Labute approximate surface area is 153 Å². The van der Waals surface area contributed by atoms with Crippen LogP contribution in [0.2, 0.25) is 0 Å². The summed E-state index contributed by atoms with van der Waals surface area (Å²) in [6.07, 6.45) is 0. The van der Waals surface area contributed by atoms with Crippen molar-refractivity contribution in [2.24, 2.45) is 0 Å². The molecule has 2 aromatic heterocycles. The molecular weight excluding hydrogens is 324 g/mol. The number of H-pyrrole nitrogens is 1. The molecular formula is C21H24N4O. The van der Waals surface area contributed by atoms with Crippen LogP contribution in [0, 0.1) is 20.8 Å². The molecule has 1 N–H and O–H groups in total. The van der Waals surface area contributed by atoms with Gasteiger partial charge in [0.2, 0.25) is 0 Å². The molecule has 26 heavy (non-hydrogen) atoms. The molecule has 0 aliphatic carbocycles. The Hall–Kier alpha value is -2.79. The van der Waals surface area contributed by atoms with Gasteiger partial charge in [-0.15, -0.1) is 0 Å². The third-order valence-electron chi connectivity index (χ3n) is 4.45. The largest absolute Gasteiger partial charge is 0.306 e. The van der Waals surface area contributed by atoms with Crippen molar-refractivity contribution in [1.82, 2.24) is 19.9 Å². The third-order valence-corrected chi connectivity index (χ3v) is 4.45. The Morgan fingerprint density at radius 1 is 0.962 bits per heavy atom. The first-order valence-corrected chi connectivity index (χ1v) is 8.70. The van der Waals surface area contributed by atoms with Crippen LogP contribution in [-0.4, -0.2) is 26.9 Å². The lowest BCUT2D eigenvalue weighted by atomic mass is 10.1. The Morgan fingerprint density at radius 2 is 1.69 bits per heavy atom. The van der Waals surface area contributed by atoms with Gasteiger partial charge >= 0.3 is 0 Å². The summed E-state index contributed by atoms with van der Waals surface area (Å²) in [5.74, 6) is 0.613. The van der Waals surface area contributed by atoms with Crippen molar-refractivity contribution in [3.63, 3.8) is 0 Å². The summed E-state index contributed by atoms with van der Waals surface area (Å²) in [5.41, 5.74) is 5.57. The summed E-state index contributed by atoms with van der Waals surface area (Å²) in [6, 6.07) is 14.2. The normalized spacial score (nSPS) is 11.1. The summed E-state index contributed by atoms with van der Waals surface area (Å²) in [4.78, 5) is 26.0. The molecule has 0 bridgehead atoms. The van der Waals surface area contributed by atoms with Crippen LogP contribution in [0.15, 0.2) is 47.3 Å². The van der Waals surface area contributed by atoms with Gasteiger partial charge in [-0.1, -0.05) is 30.3 Å². The lowest BCUT2D eigenvalue weighted by Gasteiger charge is -2.16. The summed E-state index contributed by atoms with van der Waals surface area (Å²) in [7, 11) is 2.08. The van der Waals surface area contributed by atoms with E-state index < -0.39 is 0 Å². The minimum absolute atomic E-state index is 0.0815. The van der Waals surface area contributed by atoms with E-state index in [0.717, 1.165) is 35.7 Å². The van der Waals surface area contributed by atoms with Gasteiger partial charge in [-0.3, -0.25) is 14.7 Å². The van der Waals surface area contributed by atoms with Crippen molar-refractivity contribution in [3.05, 3.63) is 81.0 Å². The molecule has 3 aromatic rings. The fourth-order valence-electron chi connectivity index (χ4n) is 2.88. The monoisotopic (exact) mass is 348 g/mol. The second-order valence-electron chi connectivity index (χ2n) is 6.76. The molecule has 134 valence electrons. The maximum atomic E-state index is 11.9. The molecule has 3 rings (SSSR count). The van der Waals surface area contributed by atoms with Crippen molar-refractivity contribution in [2.75, 3.05) is 7.05 Å². The number of nitrogens with one attached hydrogen (secondary N) is 1. The molecule has 0 fully saturated rings. The van der Waals surface area contributed by atoms with E-state index >= 15 is 0 Å². The van der Waals surface area contributed by atoms with Crippen molar-refractivity contribution < 1.29 is 0 Å². The minimum atomic E-state index is -0.0815. The van der Waals surface area contributed by atoms with Gasteiger partial charge in [0.25, 0.3) is 5.56 Å². The predicted octanol–water partition coefficient (Wildman–Crippen LogP) is 3.39. The lowest BCUT2D eigenvalue weighted by Crippen LogP contribution is -2.18. The molecule has 0 atom stereocenters. The van der Waals surface area contributed by atoms with Crippen LogP contribution in [0.4, 0.5) is 0 Å². The van der Waals surface area contributed by atoms with Crippen molar-refractivity contribution in [3.8, 4) is 11.4 Å². The first-order valence-electron chi connectivity index (χ1n) is 8.70. The Bertz CT molecular complexity index is 960. The van der Waals surface area contributed by atoms with E-state index in [0.29, 0.717) is 11.4 Å². The first kappa shape index (κ1) is 18.0. The zero-order valence-electron chi connectivity index (χ0n) is 15.7. The van der Waals surface area contributed by atoms with Gasteiger partial charge in [0.05, 0.1) is 5.69 Å². The maximum Gasteiger partial charge on any atom is 0.254 e. The quantitative estimate of drug-likeness (QED) is 0.768. The standard InChI is InChI=1S/C21H24N4O/c1-14-6-5-7-19(22-14)13-25(4)12-17-8-10-18(11-9-17)20-23-16(3)15(2)21(26)24-20/h5-11H,12-13H2,1-4H3,(H,23,24,26). The molecule has 2 heterocycles. The van der Waals surface area contributed by atoms with Gasteiger partial charge in [-0.25, -0.2) is 4.98 Å². The number of aromatic amines is 1. The van der Waals surface area contributed by atoms with Crippen LogP contribution in [-0.2, 0) is 13.1 Å². The van der Waals surface area contributed by atoms with E-state index in [-0.39, 0.29) is 5.56 Å². The summed E-state index contributed by atoms with van der Waals surface area (Å²) in [5, 5.41) is 0. The molecule has 0 saturated heterocycles. The summed E-state index contributed by atoms with van der Waals surface area (Å²) in [6.45, 7) is 7.28. The Kier molecular flexibility index (Phi) is 5.28. The second-order valence-corrected chi connectivity index (χ2v) is 6.76. The maximum absolute atomic E-state index is 11.9. The molecule has 5 heteroatoms. The van der Waals surface area contributed by atoms with Gasteiger partial charge in [-0.2, -0.15) is 0 Å². The zero-order chi connectivity index (χ0) is 18.7. The van der Waals surface area contributed by atoms with Gasteiger partial charge < -0.3 is 4.98 Å². The number of benzene rings is 1. The molecule has 0 aliphatic rings. The second kappa shape index (κ2) is 7.62. The van der Waals surface area contributed by atoms with E-state index in [4.69, 9.17) is 0 Å². The smallest absolute Gasteiger partial charge is 0.254 e. The highest BCUT2D eigenvalue weighted by Crippen LogP contribution is 2.16. The minimum Gasteiger partial charge on any atom is -0.306 e. The fourth-order valence-corrected chi connectivity index (χ4v) is 2.88. The Morgan fingerprint density at radius 3 is 2.35 bits per heavy atom. The SMILES string of the molecule is Cc1cccc(CN(C)Cc2ccc(-c3nc(C)c(C)c(=O)[nH]3)cc2)n1. The number of aromatic nitrogens is 3. The molecule has 1 aromatic carbocycles. The first-order chi connectivity index (χ1) is 12.4. The molecule has 0 unspecified atom stereocenters. The highest BCUT2D eigenvalue weighted by Gasteiger charge is 2.07. The molecule has 0 aliphatic heterocycles.